The smallest absolute Gasteiger partial charge is 0.449 e. The number of benzene rings is 1. The van der Waals surface area contributed by atoms with E-state index in [4.69, 9.17) is 9.84 Å². The fourth-order valence-corrected chi connectivity index (χ4v) is 2.97. The molecule has 0 radical (unpaired) electrons. The van der Waals surface area contributed by atoms with Gasteiger partial charge in [0.1, 0.15) is 5.75 Å². The maximum absolute atomic E-state index is 10.9. The van der Waals surface area contributed by atoms with E-state index >= 15 is 0 Å². The Bertz CT molecular complexity index is 454. The fourth-order valence-electron chi connectivity index (χ4n) is 2.97. The largest absolute Gasteiger partial charge is 0.511 e. The number of hydrogen-bond acceptors (Lipinski definition) is 2. The molecule has 0 aliphatic rings. The van der Waals surface area contributed by atoms with Crippen molar-refractivity contribution in [2.45, 2.75) is 84.5 Å². The molecule has 3 nitrogen and oxygen atoms in total. The molecule has 1 rings (SSSR count). The van der Waals surface area contributed by atoms with Crippen molar-refractivity contribution >= 4 is 6.16 Å². The molecule has 0 saturated heterocycles. The third-order valence-corrected chi connectivity index (χ3v) is 4.26. The molecule has 0 heterocycles. The summed E-state index contributed by atoms with van der Waals surface area (Å²) in [6, 6.07) is 5.82. The number of rotatable bonds is 12. The van der Waals surface area contributed by atoms with Crippen molar-refractivity contribution < 1.29 is 14.6 Å². The summed E-state index contributed by atoms with van der Waals surface area (Å²) in [6.45, 7) is 4.41. The second-order valence-corrected chi connectivity index (χ2v) is 6.24. The van der Waals surface area contributed by atoms with E-state index < -0.39 is 6.16 Å². The lowest BCUT2D eigenvalue weighted by molar-refractivity contribution is 0.144. The summed E-state index contributed by atoms with van der Waals surface area (Å²) in [5, 5.41) is 8.93. The van der Waals surface area contributed by atoms with Gasteiger partial charge in [-0.2, -0.15) is 0 Å². The van der Waals surface area contributed by atoms with Crippen molar-refractivity contribution in [2.24, 2.45) is 0 Å². The Kier molecular flexibility index (Phi) is 10.2. The van der Waals surface area contributed by atoms with Gasteiger partial charge < -0.3 is 9.84 Å². The minimum absolute atomic E-state index is 0.525. The zero-order valence-electron chi connectivity index (χ0n) is 14.8. The third kappa shape index (κ3) is 8.06. The highest BCUT2D eigenvalue weighted by Crippen LogP contribution is 2.26. The number of aryl methyl sites for hydroxylation is 1. The number of unbranched alkanes of at least 4 members (excludes halogenated alkanes) is 7. The average molecular weight is 320 g/mol. The molecular weight excluding hydrogens is 288 g/mol. The Morgan fingerprint density at radius 3 is 2.22 bits per heavy atom. The summed E-state index contributed by atoms with van der Waals surface area (Å²) in [5.41, 5.74) is 2.35. The molecule has 1 aromatic carbocycles. The molecule has 0 fully saturated rings. The van der Waals surface area contributed by atoms with Gasteiger partial charge >= 0.3 is 6.16 Å². The zero-order chi connectivity index (χ0) is 16.9. The molecule has 1 N–H and O–H groups in total. The van der Waals surface area contributed by atoms with Crippen LogP contribution in [0.4, 0.5) is 4.79 Å². The van der Waals surface area contributed by atoms with Crippen molar-refractivity contribution in [2.75, 3.05) is 0 Å². The maximum Gasteiger partial charge on any atom is 0.511 e. The number of ether oxygens (including phenoxy) is 1. The molecule has 0 amide bonds. The highest BCUT2D eigenvalue weighted by Gasteiger charge is 2.12. The van der Waals surface area contributed by atoms with Crippen LogP contribution in [0.5, 0.6) is 5.75 Å². The molecule has 0 unspecified atom stereocenters. The van der Waals surface area contributed by atoms with Gasteiger partial charge in [-0.25, -0.2) is 4.79 Å². The summed E-state index contributed by atoms with van der Waals surface area (Å²) in [5.74, 6) is 0.525. The summed E-state index contributed by atoms with van der Waals surface area (Å²) < 4.78 is 4.99. The van der Waals surface area contributed by atoms with Gasteiger partial charge in [0.05, 0.1) is 0 Å². The second-order valence-electron chi connectivity index (χ2n) is 6.24. The fraction of sp³-hybridized carbons (Fsp3) is 0.650. The molecule has 0 bridgehead atoms. The van der Waals surface area contributed by atoms with Crippen LogP contribution in [0.25, 0.3) is 0 Å². The Morgan fingerprint density at radius 2 is 1.52 bits per heavy atom. The first kappa shape index (κ1) is 19.5. The molecule has 130 valence electrons. The van der Waals surface area contributed by atoms with Crippen molar-refractivity contribution in [1.82, 2.24) is 0 Å². The number of carboxylic acid groups (broad SMARTS) is 1. The van der Waals surface area contributed by atoms with Crippen LogP contribution < -0.4 is 4.74 Å². The normalized spacial score (nSPS) is 10.7. The van der Waals surface area contributed by atoms with Gasteiger partial charge in [0.15, 0.2) is 0 Å². The topological polar surface area (TPSA) is 46.5 Å². The van der Waals surface area contributed by atoms with Crippen LogP contribution in [-0.4, -0.2) is 11.3 Å². The standard InChI is InChI=1S/C20H32O3/c1-3-5-7-8-9-11-13-17-14-12-16-19(23-20(21)22)18(17)15-10-6-4-2/h12,14,16H,3-11,13,15H2,1-2H3,(H,21,22). The molecule has 0 saturated carbocycles. The molecule has 23 heavy (non-hydrogen) atoms. The summed E-state index contributed by atoms with van der Waals surface area (Å²) in [4.78, 5) is 10.9. The van der Waals surface area contributed by atoms with E-state index in [1.165, 1.54) is 44.1 Å². The second kappa shape index (κ2) is 12.0. The minimum Gasteiger partial charge on any atom is -0.449 e. The van der Waals surface area contributed by atoms with Gasteiger partial charge in [-0.05, 0) is 42.9 Å². The van der Waals surface area contributed by atoms with Crippen LogP contribution in [0.3, 0.4) is 0 Å². The molecule has 1 aromatic rings. The minimum atomic E-state index is -1.22. The van der Waals surface area contributed by atoms with Crippen LogP contribution in [0.2, 0.25) is 0 Å². The van der Waals surface area contributed by atoms with Gasteiger partial charge in [-0.1, -0.05) is 70.9 Å². The van der Waals surface area contributed by atoms with E-state index in [0.29, 0.717) is 5.75 Å². The summed E-state index contributed by atoms with van der Waals surface area (Å²) >= 11 is 0. The molecule has 0 atom stereocenters. The predicted molar refractivity (Wildman–Crippen MR) is 95.4 cm³/mol. The first-order valence-electron chi connectivity index (χ1n) is 9.20. The van der Waals surface area contributed by atoms with Crippen LogP contribution in [0.1, 0.15) is 82.8 Å². The Hall–Kier alpha value is -1.51. The molecule has 0 aliphatic carbocycles. The first-order chi connectivity index (χ1) is 11.2. The lowest BCUT2D eigenvalue weighted by atomic mass is 9.96. The van der Waals surface area contributed by atoms with E-state index in [2.05, 4.69) is 19.9 Å². The summed E-state index contributed by atoms with van der Waals surface area (Å²) in [7, 11) is 0. The Labute approximate surface area is 141 Å². The zero-order valence-corrected chi connectivity index (χ0v) is 14.8. The molecule has 0 aliphatic heterocycles. The van der Waals surface area contributed by atoms with Gasteiger partial charge in [0, 0.05) is 0 Å². The van der Waals surface area contributed by atoms with Gasteiger partial charge in [0.2, 0.25) is 0 Å². The van der Waals surface area contributed by atoms with Gasteiger partial charge in [-0.15, -0.1) is 0 Å². The van der Waals surface area contributed by atoms with Crippen molar-refractivity contribution in [1.29, 1.82) is 0 Å². The highest BCUT2D eigenvalue weighted by molar-refractivity contribution is 5.62. The quantitative estimate of drug-likeness (QED) is 0.276. The van der Waals surface area contributed by atoms with Crippen molar-refractivity contribution in [3.8, 4) is 5.75 Å². The van der Waals surface area contributed by atoms with Crippen LogP contribution >= 0.6 is 0 Å². The van der Waals surface area contributed by atoms with Crippen LogP contribution in [-0.2, 0) is 12.8 Å². The van der Waals surface area contributed by atoms with Gasteiger partial charge in [0.25, 0.3) is 0 Å². The molecule has 0 aromatic heterocycles. The SMILES string of the molecule is CCCCCCCCc1cccc(OC(=O)O)c1CCCCC. The van der Waals surface area contributed by atoms with Crippen molar-refractivity contribution in [3.05, 3.63) is 29.3 Å². The number of carbonyl (C=O) groups is 1. The van der Waals surface area contributed by atoms with E-state index in [0.717, 1.165) is 37.7 Å². The van der Waals surface area contributed by atoms with Crippen LogP contribution in [0.15, 0.2) is 18.2 Å². The van der Waals surface area contributed by atoms with E-state index in [-0.39, 0.29) is 0 Å². The first-order valence-corrected chi connectivity index (χ1v) is 9.20. The van der Waals surface area contributed by atoms with Gasteiger partial charge in [-0.3, -0.25) is 0 Å². The maximum atomic E-state index is 10.9. The van der Waals surface area contributed by atoms with E-state index in [1.54, 1.807) is 6.07 Å². The Morgan fingerprint density at radius 1 is 0.913 bits per heavy atom. The molecule has 3 heteroatoms. The third-order valence-electron chi connectivity index (χ3n) is 4.26. The summed E-state index contributed by atoms with van der Waals surface area (Å²) in [6.07, 6.45) is 11.7. The van der Waals surface area contributed by atoms with E-state index in [9.17, 15) is 4.79 Å². The van der Waals surface area contributed by atoms with Crippen molar-refractivity contribution in [3.63, 3.8) is 0 Å². The average Bonchev–Trinajstić information content (AvgIpc) is 2.52. The molecule has 0 spiro atoms. The highest BCUT2D eigenvalue weighted by atomic mass is 16.7. The lowest BCUT2D eigenvalue weighted by Crippen LogP contribution is -2.07. The Balaban J connectivity index is 2.65. The van der Waals surface area contributed by atoms with Crippen LogP contribution in [0, 0.1) is 0 Å². The molecular formula is C20H32O3. The predicted octanol–water partition coefficient (Wildman–Crippen LogP) is 6.38. The van der Waals surface area contributed by atoms with E-state index in [1.807, 2.05) is 6.07 Å². The number of hydrogen-bond donors (Lipinski definition) is 1. The lowest BCUT2D eigenvalue weighted by Gasteiger charge is -2.14. The monoisotopic (exact) mass is 320 g/mol.